The number of carboxylic acid groups (broad SMARTS) is 1. The first kappa shape index (κ1) is 15.1. The van der Waals surface area contributed by atoms with E-state index in [-0.39, 0.29) is 19.1 Å². The van der Waals surface area contributed by atoms with E-state index in [1.807, 2.05) is 0 Å². The molecule has 0 bridgehead atoms. The third-order valence-corrected chi connectivity index (χ3v) is 2.76. The molecule has 0 aliphatic rings. The molecule has 8 nitrogen and oxygen atoms in total. The number of ether oxygens (including phenoxy) is 1. The fraction of sp³-hybridized carbons (Fsp3) is 0.636. The molecule has 8 heteroatoms. The fourth-order valence-corrected chi connectivity index (χ4v) is 1.18. The lowest BCUT2D eigenvalue weighted by Crippen LogP contribution is -2.51. The molecule has 0 radical (unpaired) electrons. The van der Waals surface area contributed by atoms with Crippen molar-refractivity contribution >= 4 is 11.9 Å². The summed E-state index contributed by atoms with van der Waals surface area (Å²) in [6, 6.07) is 0. The Morgan fingerprint density at radius 1 is 1.47 bits per heavy atom. The maximum Gasteiger partial charge on any atom is 0.329 e. The number of nitrogens with zero attached hydrogens (tertiary/aromatic N) is 3. The number of aliphatic carboxylic acids is 1. The minimum atomic E-state index is -1.29. The summed E-state index contributed by atoms with van der Waals surface area (Å²) in [6.45, 7) is 4.30. The second-order valence-electron chi connectivity index (χ2n) is 4.55. The highest BCUT2D eigenvalue weighted by atomic mass is 16.5. The minimum Gasteiger partial charge on any atom is -0.480 e. The largest absolute Gasteiger partial charge is 0.480 e. The molecule has 0 aromatic carbocycles. The third kappa shape index (κ3) is 3.75. The second kappa shape index (κ2) is 5.79. The normalized spacial score (nSPS) is 11.4. The Kier molecular flexibility index (Phi) is 4.60. The molecule has 0 atom stereocenters. The van der Waals surface area contributed by atoms with Crippen LogP contribution in [0.2, 0.25) is 0 Å². The summed E-state index contributed by atoms with van der Waals surface area (Å²) >= 11 is 0. The van der Waals surface area contributed by atoms with Crippen molar-refractivity contribution in [2.45, 2.75) is 32.9 Å². The number of aryl methyl sites for hydroxylation is 1. The van der Waals surface area contributed by atoms with E-state index in [1.54, 1.807) is 6.92 Å². The van der Waals surface area contributed by atoms with Gasteiger partial charge in [0.1, 0.15) is 18.8 Å². The van der Waals surface area contributed by atoms with Crippen molar-refractivity contribution in [3.8, 4) is 0 Å². The van der Waals surface area contributed by atoms with Crippen LogP contribution < -0.4 is 0 Å². The molecule has 0 unspecified atom stereocenters. The molecule has 1 amide bonds. The molecule has 1 aromatic heterocycles. The molecule has 1 aromatic rings. The average Bonchev–Trinajstić information content (AvgIpc) is 2.73. The highest BCUT2D eigenvalue weighted by Gasteiger charge is 2.35. The van der Waals surface area contributed by atoms with Crippen molar-refractivity contribution in [1.29, 1.82) is 0 Å². The Hall–Kier alpha value is -1.96. The monoisotopic (exact) mass is 271 g/mol. The van der Waals surface area contributed by atoms with Gasteiger partial charge >= 0.3 is 5.97 Å². The van der Waals surface area contributed by atoms with Gasteiger partial charge in [0, 0.05) is 7.05 Å². The van der Waals surface area contributed by atoms with E-state index in [0.717, 1.165) is 4.90 Å². The molecule has 0 saturated heterocycles. The van der Waals surface area contributed by atoms with Crippen molar-refractivity contribution in [3.05, 3.63) is 11.7 Å². The minimum absolute atomic E-state index is 0.00786. The number of amides is 1. The van der Waals surface area contributed by atoms with Crippen LogP contribution >= 0.6 is 0 Å². The van der Waals surface area contributed by atoms with Crippen LogP contribution in [0, 0.1) is 6.92 Å². The van der Waals surface area contributed by atoms with Crippen molar-refractivity contribution < 1.29 is 24.0 Å². The van der Waals surface area contributed by atoms with Gasteiger partial charge in [0.05, 0.1) is 0 Å². The maximum atomic E-state index is 11.8. The van der Waals surface area contributed by atoms with Crippen LogP contribution in [0.25, 0.3) is 0 Å². The molecule has 0 aliphatic heterocycles. The van der Waals surface area contributed by atoms with Gasteiger partial charge in [-0.3, -0.25) is 4.79 Å². The highest BCUT2D eigenvalue weighted by molar-refractivity contribution is 5.86. The first-order valence-electron chi connectivity index (χ1n) is 5.62. The van der Waals surface area contributed by atoms with Gasteiger partial charge < -0.3 is 19.3 Å². The first-order valence-corrected chi connectivity index (χ1v) is 5.62. The van der Waals surface area contributed by atoms with Gasteiger partial charge in [-0.1, -0.05) is 5.16 Å². The quantitative estimate of drug-likeness (QED) is 0.788. The van der Waals surface area contributed by atoms with E-state index in [4.69, 9.17) is 14.4 Å². The summed E-state index contributed by atoms with van der Waals surface area (Å²) in [7, 11) is 1.41. The zero-order valence-corrected chi connectivity index (χ0v) is 11.3. The van der Waals surface area contributed by atoms with E-state index in [9.17, 15) is 9.59 Å². The number of hydrogen-bond acceptors (Lipinski definition) is 6. The highest BCUT2D eigenvalue weighted by Crippen LogP contribution is 2.12. The van der Waals surface area contributed by atoms with E-state index in [2.05, 4.69) is 10.1 Å². The fourth-order valence-electron chi connectivity index (χ4n) is 1.18. The summed E-state index contributed by atoms with van der Waals surface area (Å²) < 4.78 is 9.92. The first-order chi connectivity index (χ1) is 8.75. The van der Waals surface area contributed by atoms with Crippen molar-refractivity contribution in [1.82, 2.24) is 15.0 Å². The summed E-state index contributed by atoms with van der Waals surface area (Å²) in [5, 5.41) is 12.6. The summed E-state index contributed by atoms with van der Waals surface area (Å²) in [6.07, 6.45) is 0. The van der Waals surface area contributed by atoms with E-state index >= 15 is 0 Å². The Labute approximate surface area is 110 Å². The zero-order chi connectivity index (χ0) is 14.6. The smallest absolute Gasteiger partial charge is 0.329 e. The van der Waals surface area contributed by atoms with Crippen LogP contribution in [0.1, 0.15) is 25.6 Å². The van der Waals surface area contributed by atoms with Gasteiger partial charge in [0.2, 0.25) is 5.91 Å². The second-order valence-corrected chi connectivity index (χ2v) is 4.55. The Balaban J connectivity index is 2.45. The number of hydrogen-bond donors (Lipinski definition) is 1. The molecule has 1 N–H and O–H groups in total. The molecular weight excluding hydrogens is 254 g/mol. The lowest BCUT2D eigenvalue weighted by atomic mass is 10.0. The molecule has 1 heterocycles. The van der Waals surface area contributed by atoms with Crippen LogP contribution in [0.5, 0.6) is 0 Å². The third-order valence-electron chi connectivity index (χ3n) is 2.76. The zero-order valence-electron chi connectivity index (χ0n) is 11.3. The lowest BCUT2D eigenvalue weighted by molar-refractivity contribution is -0.157. The number of likely N-dealkylation sites (N-methyl/N-ethyl adjacent to an activating group) is 1. The average molecular weight is 271 g/mol. The molecular formula is C11H17N3O5. The van der Waals surface area contributed by atoms with Crippen LogP contribution in [-0.4, -0.2) is 51.2 Å². The summed E-state index contributed by atoms with van der Waals surface area (Å²) in [5.41, 5.74) is -1.29. The van der Waals surface area contributed by atoms with Crippen molar-refractivity contribution in [3.63, 3.8) is 0 Å². The maximum absolute atomic E-state index is 11.8. The van der Waals surface area contributed by atoms with Gasteiger partial charge in [-0.25, -0.2) is 4.79 Å². The predicted octanol–water partition coefficient (Wildman–Crippen LogP) is 0.216. The topological polar surface area (TPSA) is 106 Å². The Morgan fingerprint density at radius 3 is 2.58 bits per heavy atom. The SMILES string of the molecule is Cc1noc(COCC(=O)N(C)C(C)(C)C(=O)O)n1. The number of aromatic nitrogens is 2. The predicted molar refractivity (Wildman–Crippen MR) is 63.2 cm³/mol. The van der Waals surface area contributed by atoms with Crippen LogP contribution in [0.15, 0.2) is 4.52 Å². The lowest BCUT2D eigenvalue weighted by Gasteiger charge is -2.31. The van der Waals surface area contributed by atoms with Crippen molar-refractivity contribution in [2.75, 3.05) is 13.7 Å². The standard InChI is InChI=1S/C11H17N3O5/c1-7-12-8(19-13-7)5-18-6-9(15)14(4)11(2,3)10(16)17/h5-6H2,1-4H3,(H,16,17). The summed E-state index contributed by atoms with van der Waals surface area (Å²) in [4.78, 5) is 27.8. The number of rotatable bonds is 6. The van der Waals surface area contributed by atoms with Gasteiger partial charge in [0.15, 0.2) is 5.82 Å². The van der Waals surface area contributed by atoms with Gasteiger partial charge in [0.25, 0.3) is 5.89 Å². The molecule has 106 valence electrons. The molecule has 0 aliphatic carbocycles. The van der Waals surface area contributed by atoms with Crippen LogP contribution in [0.4, 0.5) is 0 Å². The van der Waals surface area contributed by atoms with Crippen LogP contribution in [-0.2, 0) is 20.9 Å². The van der Waals surface area contributed by atoms with Crippen LogP contribution in [0.3, 0.4) is 0 Å². The Bertz CT molecular complexity index is 469. The molecule has 19 heavy (non-hydrogen) atoms. The molecule has 1 rings (SSSR count). The van der Waals surface area contributed by atoms with E-state index in [1.165, 1.54) is 20.9 Å². The number of carbonyl (C=O) groups excluding carboxylic acids is 1. The van der Waals surface area contributed by atoms with E-state index < -0.39 is 17.4 Å². The number of carbonyl (C=O) groups is 2. The van der Waals surface area contributed by atoms with Gasteiger partial charge in [-0.05, 0) is 20.8 Å². The number of carboxylic acids is 1. The summed E-state index contributed by atoms with van der Waals surface area (Å²) in [5.74, 6) is -0.779. The van der Waals surface area contributed by atoms with Gasteiger partial charge in [-0.2, -0.15) is 4.98 Å². The van der Waals surface area contributed by atoms with Crippen molar-refractivity contribution in [2.24, 2.45) is 0 Å². The van der Waals surface area contributed by atoms with E-state index in [0.29, 0.717) is 5.82 Å². The van der Waals surface area contributed by atoms with Gasteiger partial charge in [-0.15, -0.1) is 0 Å². The Morgan fingerprint density at radius 2 is 2.11 bits per heavy atom. The molecule has 0 spiro atoms. The molecule has 0 fully saturated rings. The molecule has 0 saturated carbocycles.